The van der Waals surface area contributed by atoms with E-state index >= 15 is 0 Å². The van der Waals surface area contributed by atoms with Gasteiger partial charge in [0.25, 0.3) is 0 Å². The van der Waals surface area contributed by atoms with Gasteiger partial charge >= 0.3 is 6.03 Å². The minimum absolute atomic E-state index is 0.183. The topological polar surface area (TPSA) is 94.4 Å². The molecule has 0 bridgehead atoms. The summed E-state index contributed by atoms with van der Waals surface area (Å²) >= 11 is 11.9. The van der Waals surface area contributed by atoms with Crippen molar-refractivity contribution in [3.63, 3.8) is 0 Å². The number of urea groups is 1. The number of carbonyl (C=O) groups excluding carboxylic acids is 1. The van der Waals surface area contributed by atoms with Crippen LogP contribution in [0.3, 0.4) is 0 Å². The number of pyridine rings is 1. The second-order valence-electron chi connectivity index (χ2n) is 6.45. The first-order chi connectivity index (χ1) is 14.1. The molecular weight excluding hydrogens is 419 g/mol. The van der Waals surface area contributed by atoms with Crippen LogP contribution in [0.25, 0.3) is 11.2 Å². The van der Waals surface area contributed by atoms with Crippen LogP contribution in [0.4, 0.5) is 4.79 Å². The quantitative estimate of drug-likeness (QED) is 0.658. The summed E-state index contributed by atoms with van der Waals surface area (Å²) in [6.07, 6.45) is 1.35. The molecule has 29 heavy (non-hydrogen) atoms. The van der Waals surface area contributed by atoms with Crippen molar-refractivity contribution >= 4 is 40.4 Å². The van der Waals surface area contributed by atoms with Crippen LogP contribution >= 0.6 is 23.2 Å². The molecule has 1 saturated heterocycles. The number of amides is 2. The third-order valence-electron chi connectivity index (χ3n) is 4.42. The highest BCUT2D eigenvalue weighted by Crippen LogP contribution is 2.22. The predicted octanol–water partition coefficient (Wildman–Crippen LogP) is 2.17. The van der Waals surface area contributed by atoms with Gasteiger partial charge < -0.3 is 19.8 Å². The first-order valence-electron chi connectivity index (χ1n) is 8.98. The molecule has 152 valence electrons. The van der Waals surface area contributed by atoms with Crippen molar-refractivity contribution in [1.82, 2.24) is 30.4 Å². The number of nitrogens with zero attached hydrogens (tertiary/aromatic N) is 5. The van der Waals surface area contributed by atoms with Gasteiger partial charge in [0.1, 0.15) is 18.2 Å². The average molecular weight is 437 g/mol. The summed E-state index contributed by atoms with van der Waals surface area (Å²) in [7, 11) is 0. The van der Waals surface area contributed by atoms with Gasteiger partial charge in [-0.3, -0.25) is 0 Å². The summed E-state index contributed by atoms with van der Waals surface area (Å²) < 4.78 is 5.70. The van der Waals surface area contributed by atoms with Crippen molar-refractivity contribution in [2.24, 2.45) is 0 Å². The van der Waals surface area contributed by atoms with Gasteiger partial charge in [-0.2, -0.15) is 0 Å². The van der Waals surface area contributed by atoms with E-state index in [4.69, 9.17) is 32.8 Å². The Kier molecular flexibility index (Phi) is 5.98. The van der Waals surface area contributed by atoms with Crippen LogP contribution in [0.15, 0.2) is 36.5 Å². The third kappa shape index (κ3) is 4.69. The van der Waals surface area contributed by atoms with Crippen molar-refractivity contribution in [2.45, 2.75) is 12.6 Å². The summed E-state index contributed by atoms with van der Waals surface area (Å²) in [4.78, 5) is 25.3. The molecule has 1 fully saturated rings. The van der Waals surface area contributed by atoms with Crippen molar-refractivity contribution < 1.29 is 14.4 Å². The van der Waals surface area contributed by atoms with Crippen molar-refractivity contribution in [3.05, 3.63) is 52.1 Å². The molecule has 2 aromatic heterocycles. The molecule has 1 aromatic carbocycles. The normalized spacial score (nSPS) is 16.8. The number of rotatable bonds is 5. The molecule has 1 aliphatic heterocycles. The Morgan fingerprint density at radius 2 is 2.21 bits per heavy atom. The van der Waals surface area contributed by atoms with E-state index in [1.807, 2.05) is 6.07 Å². The van der Waals surface area contributed by atoms with Crippen LogP contribution in [0.2, 0.25) is 10.0 Å². The lowest BCUT2D eigenvalue weighted by atomic mass is 10.2. The predicted molar refractivity (Wildman–Crippen MR) is 107 cm³/mol. The van der Waals surface area contributed by atoms with Crippen molar-refractivity contribution in [1.29, 1.82) is 0 Å². The molecule has 9 nitrogen and oxygen atoms in total. The highest BCUT2D eigenvalue weighted by molar-refractivity contribution is 6.42. The molecule has 1 atom stereocenters. The standard InChI is InChI=1S/C18H18Cl2N6O3/c19-14-4-3-12(8-15(14)20)9-22-18(27)25-6-7-28-13(10-25)11-29-26-17-16(23-24-26)2-1-5-21-17/h1-5,8,13H,6-7,9-11H2,(H,22,27). The molecule has 2 amide bonds. The largest absolute Gasteiger partial charge is 0.391 e. The summed E-state index contributed by atoms with van der Waals surface area (Å²) in [5.74, 6) is 0. The Morgan fingerprint density at radius 3 is 3.07 bits per heavy atom. The summed E-state index contributed by atoms with van der Waals surface area (Å²) in [5, 5.41) is 11.7. The molecule has 0 aliphatic carbocycles. The zero-order valence-electron chi connectivity index (χ0n) is 15.3. The maximum Gasteiger partial charge on any atom is 0.317 e. The fourth-order valence-electron chi connectivity index (χ4n) is 2.93. The molecule has 3 heterocycles. The average Bonchev–Trinajstić information content (AvgIpc) is 3.16. The molecule has 11 heteroatoms. The molecule has 3 aromatic rings. The Morgan fingerprint density at radius 1 is 1.31 bits per heavy atom. The number of nitrogens with one attached hydrogen (secondary N) is 1. The Balaban J connectivity index is 1.29. The van der Waals surface area contributed by atoms with Crippen LogP contribution in [-0.4, -0.2) is 63.5 Å². The second kappa shape index (κ2) is 8.81. The lowest BCUT2D eigenvalue weighted by Crippen LogP contribution is -2.51. The van der Waals surface area contributed by atoms with E-state index in [2.05, 4.69) is 20.6 Å². The lowest BCUT2D eigenvalue weighted by molar-refractivity contribution is -0.0655. The van der Waals surface area contributed by atoms with Gasteiger partial charge in [0.05, 0.1) is 23.2 Å². The van der Waals surface area contributed by atoms with E-state index in [-0.39, 0.29) is 18.7 Å². The highest BCUT2D eigenvalue weighted by atomic mass is 35.5. The lowest BCUT2D eigenvalue weighted by Gasteiger charge is -2.32. The Hall–Kier alpha value is -2.62. The monoisotopic (exact) mass is 436 g/mol. The van der Waals surface area contributed by atoms with Gasteiger partial charge in [0, 0.05) is 19.3 Å². The number of ether oxygens (including phenoxy) is 1. The van der Waals surface area contributed by atoms with E-state index < -0.39 is 0 Å². The summed E-state index contributed by atoms with van der Waals surface area (Å²) in [6, 6.07) is 8.65. The minimum Gasteiger partial charge on any atom is -0.391 e. The third-order valence-corrected chi connectivity index (χ3v) is 5.16. The fourth-order valence-corrected chi connectivity index (χ4v) is 3.25. The zero-order chi connectivity index (χ0) is 20.2. The molecule has 0 spiro atoms. The Labute approximate surface area is 176 Å². The Bertz CT molecular complexity index is 1010. The number of halogens is 2. The fraction of sp³-hybridized carbons (Fsp3) is 0.333. The van der Waals surface area contributed by atoms with E-state index in [1.54, 1.807) is 35.4 Å². The van der Waals surface area contributed by atoms with Crippen LogP contribution < -0.4 is 10.2 Å². The summed E-state index contributed by atoms with van der Waals surface area (Å²) in [5.41, 5.74) is 2.03. The number of morpholine rings is 1. The number of benzene rings is 1. The van der Waals surface area contributed by atoms with Gasteiger partial charge in [0.2, 0.25) is 5.65 Å². The van der Waals surface area contributed by atoms with E-state index in [0.717, 1.165) is 5.56 Å². The van der Waals surface area contributed by atoms with Gasteiger partial charge in [-0.15, -0.1) is 5.10 Å². The van der Waals surface area contributed by atoms with E-state index in [9.17, 15) is 4.79 Å². The number of hydrogen-bond donors (Lipinski definition) is 1. The van der Waals surface area contributed by atoms with Crippen molar-refractivity contribution in [2.75, 3.05) is 26.3 Å². The smallest absolute Gasteiger partial charge is 0.317 e. The molecule has 0 radical (unpaired) electrons. The number of aromatic nitrogens is 4. The van der Waals surface area contributed by atoms with Gasteiger partial charge in [-0.25, -0.2) is 9.78 Å². The maximum absolute atomic E-state index is 12.5. The molecule has 1 N–H and O–H groups in total. The van der Waals surface area contributed by atoms with Gasteiger partial charge in [-0.1, -0.05) is 34.1 Å². The zero-order valence-corrected chi connectivity index (χ0v) is 16.8. The van der Waals surface area contributed by atoms with E-state index in [0.29, 0.717) is 47.5 Å². The van der Waals surface area contributed by atoms with Gasteiger partial charge in [0.15, 0.2) is 0 Å². The van der Waals surface area contributed by atoms with Crippen LogP contribution in [0.1, 0.15) is 5.56 Å². The van der Waals surface area contributed by atoms with Crippen LogP contribution in [0.5, 0.6) is 0 Å². The molecule has 0 saturated carbocycles. The highest BCUT2D eigenvalue weighted by Gasteiger charge is 2.25. The minimum atomic E-state index is -0.289. The van der Waals surface area contributed by atoms with E-state index in [1.165, 1.54) is 4.85 Å². The molecular formula is C18H18Cl2N6O3. The SMILES string of the molecule is O=C(NCc1ccc(Cl)c(Cl)c1)N1CCOC(COn2nnc3cccnc32)C1. The molecule has 1 unspecified atom stereocenters. The maximum atomic E-state index is 12.5. The first kappa shape index (κ1) is 19.7. The number of hydrogen-bond acceptors (Lipinski definition) is 6. The second-order valence-corrected chi connectivity index (χ2v) is 7.26. The van der Waals surface area contributed by atoms with Crippen LogP contribution in [0, 0.1) is 0 Å². The molecule has 4 rings (SSSR count). The molecule has 1 aliphatic rings. The van der Waals surface area contributed by atoms with Crippen LogP contribution in [-0.2, 0) is 11.3 Å². The number of carbonyl (C=O) groups is 1. The van der Waals surface area contributed by atoms with Crippen molar-refractivity contribution in [3.8, 4) is 0 Å². The number of fused-ring (bicyclic) bond motifs is 1. The van der Waals surface area contributed by atoms with Gasteiger partial charge in [-0.05, 0) is 35.0 Å². The first-order valence-corrected chi connectivity index (χ1v) is 9.74. The summed E-state index contributed by atoms with van der Waals surface area (Å²) in [6.45, 7) is 1.88.